The van der Waals surface area contributed by atoms with Crippen LogP contribution in [0.4, 0.5) is 15.8 Å². The van der Waals surface area contributed by atoms with Crippen molar-refractivity contribution >= 4 is 17.3 Å². The van der Waals surface area contributed by atoms with Crippen LogP contribution < -0.4 is 10.6 Å². The fourth-order valence-electron chi connectivity index (χ4n) is 2.64. The molecule has 1 aromatic carbocycles. The maximum absolute atomic E-state index is 13.3. The van der Waals surface area contributed by atoms with Crippen molar-refractivity contribution in [1.29, 1.82) is 0 Å². The molecule has 2 rings (SSSR count). The van der Waals surface area contributed by atoms with Gasteiger partial charge in [0.25, 0.3) is 0 Å². The van der Waals surface area contributed by atoms with Crippen LogP contribution in [0.15, 0.2) is 18.2 Å². The minimum atomic E-state index is -0.912. The van der Waals surface area contributed by atoms with Crippen molar-refractivity contribution in [3.05, 3.63) is 34.1 Å². The van der Waals surface area contributed by atoms with Gasteiger partial charge in [-0.1, -0.05) is 6.92 Å². The number of piperidine rings is 1. The summed E-state index contributed by atoms with van der Waals surface area (Å²) in [4.78, 5) is 22.4. The van der Waals surface area contributed by atoms with Crippen molar-refractivity contribution < 1.29 is 14.1 Å². The van der Waals surface area contributed by atoms with Crippen LogP contribution in [0.5, 0.6) is 0 Å². The van der Waals surface area contributed by atoms with Gasteiger partial charge in [0.05, 0.1) is 10.3 Å². The van der Waals surface area contributed by atoms with Crippen molar-refractivity contribution in [1.82, 2.24) is 5.32 Å². The van der Waals surface area contributed by atoms with E-state index in [0.29, 0.717) is 6.42 Å². The summed E-state index contributed by atoms with van der Waals surface area (Å²) >= 11 is 0. The Morgan fingerprint density at radius 3 is 2.71 bits per heavy atom. The van der Waals surface area contributed by atoms with E-state index in [1.807, 2.05) is 6.92 Å². The van der Waals surface area contributed by atoms with Crippen LogP contribution in [-0.2, 0) is 4.79 Å². The summed E-state index contributed by atoms with van der Waals surface area (Å²) in [5.74, 6) is -1.07. The fraction of sp³-hybridized carbons (Fsp3) is 0.500. The molecule has 1 aromatic rings. The van der Waals surface area contributed by atoms with E-state index < -0.39 is 21.8 Å². The van der Waals surface area contributed by atoms with E-state index in [4.69, 9.17) is 0 Å². The molecule has 1 saturated heterocycles. The van der Waals surface area contributed by atoms with Crippen molar-refractivity contribution in [2.45, 2.75) is 26.2 Å². The fourth-order valence-corrected chi connectivity index (χ4v) is 2.64. The molecular weight excluding hydrogens is 277 g/mol. The normalized spacial score (nSPS) is 17.2. The van der Waals surface area contributed by atoms with E-state index >= 15 is 0 Å². The van der Waals surface area contributed by atoms with Gasteiger partial charge in [-0.25, -0.2) is 0 Å². The Balaban J connectivity index is 2.19. The Kier molecular flexibility index (Phi) is 4.52. The molecule has 0 bridgehead atoms. The summed E-state index contributed by atoms with van der Waals surface area (Å²) in [7, 11) is 0. The van der Waals surface area contributed by atoms with Gasteiger partial charge in [0.2, 0.25) is 11.7 Å². The van der Waals surface area contributed by atoms with Gasteiger partial charge < -0.3 is 10.6 Å². The van der Waals surface area contributed by atoms with Gasteiger partial charge in [0.1, 0.15) is 0 Å². The van der Waals surface area contributed by atoms with E-state index in [1.165, 1.54) is 6.07 Å². The molecule has 0 saturated carbocycles. The maximum Gasteiger partial charge on any atom is 0.306 e. The zero-order valence-corrected chi connectivity index (χ0v) is 11.8. The highest BCUT2D eigenvalue weighted by atomic mass is 19.1. The van der Waals surface area contributed by atoms with Crippen LogP contribution in [0.2, 0.25) is 0 Å². The first kappa shape index (κ1) is 15.4. The SMILES string of the molecule is CCC1(C(=O)Nc2ccc(F)c([N+](=O)[O-])c2)CCNCC1. The third kappa shape index (κ3) is 3.18. The number of anilines is 1. The number of benzene rings is 1. The van der Waals surface area contributed by atoms with Gasteiger partial charge >= 0.3 is 5.69 Å². The molecule has 1 amide bonds. The molecule has 1 fully saturated rings. The van der Waals surface area contributed by atoms with Crippen molar-refractivity contribution in [2.75, 3.05) is 18.4 Å². The number of carbonyl (C=O) groups is 1. The molecule has 1 aliphatic heterocycles. The molecule has 0 aliphatic carbocycles. The van der Waals surface area contributed by atoms with E-state index in [2.05, 4.69) is 10.6 Å². The molecule has 114 valence electrons. The second-order valence-electron chi connectivity index (χ2n) is 5.26. The van der Waals surface area contributed by atoms with E-state index in [-0.39, 0.29) is 11.6 Å². The molecule has 0 aromatic heterocycles. The molecule has 0 radical (unpaired) electrons. The maximum atomic E-state index is 13.3. The molecular formula is C14H18FN3O3. The predicted octanol–water partition coefficient (Wildman–Crippen LogP) is 2.45. The first-order valence-corrected chi connectivity index (χ1v) is 6.94. The van der Waals surface area contributed by atoms with Crippen LogP contribution in [0.25, 0.3) is 0 Å². The molecule has 6 nitrogen and oxygen atoms in total. The Hall–Kier alpha value is -2.02. The van der Waals surface area contributed by atoms with Crippen molar-refractivity contribution in [3.63, 3.8) is 0 Å². The number of rotatable bonds is 4. The lowest BCUT2D eigenvalue weighted by atomic mass is 9.76. The van der Waals surface area contributed by atoms with Crippen LogP contribution in [0, 0.1) is 21.3 Å². The minimum absolute atomic E-state index is 0.160. The predicted molar refractivity (Wildman–Crippen MR) is 76.5 cm³/mol. The topological polar surface area (TPSA) is 84.3 Å². The van der Waals surface area contributed by atoms with Gasteiger partial charge in [-0.2, -0.15) is 4.39 Å². The number of nitro groups is 1. The number of halogens is 1. The summed E-state index contributed by atoms with van der Waals surface area (Å²) in [6.45, 7) is 3.49. The molecule has 7 heteroatoms. The van der Waals surface area contributed by atoms with Crippen molar-refractivity contribution in [3.8, 4) is 0 Å². The number of hydrogen-bond acceptors (Lipinski definition) is 4. The molecule has 1 heterocycles. The number of amides is 1. The molecule has 2 N–H and O–H groups in total. The summed E-state index contributed by atoms with van der Waals surface area (Å²) in [5, 5.41) is 16.6. The highest BCUT2D eigenvalue weighted by Gasteiger charge is 2.37. The highest BCUT2D eigenvalue weighted by Crippen LogP contribution is 2.34. The molecule has 0 atom stereocenters. The number of carbonyl (C=O) groups excluding carboxylic acids is 1. The quantitative estimate of drug-likeness (QED) is 0.660. The van der Waals surface area contributed by atoms with E-state index in [1.54, 1.807) is 0 Å². The number of nitrogens with one attached hydrogen (secondary N) is 2. The number of nitro benzene ring substituents is 1. The Morgan fingerprint density at radius 2 is 2.14 bits per heavy atom. The highest BCUT2D eigenvalue weighted by molar-refractivity contribution is 5.95. The van der Waals surface area contributed by atoms with Gasteiger partial charge in [0.15, 0.2) is 0 Å². The van der Waals surface area contributed by atoms with Crippen LogP contribution in [0.1, 0.15) is 26.2 Å². The number of hydrogen-bond donors (Lipinski definition) is 2. The lowest BCUT2D eigenvalue weighted by molar-refractivity contribution is -0.387. The van der Waals surface area contributed by atoms with Gasteiger partial charge in [-0.05, 0) is 44.5 Å². The third-order valence-corrected chi connectivity index (χ3v) is 4.12. The largest absolute Gasteiger partial charge is 0.325 e. The number of nitrogens with zero attached hydrogens (tertiary/aromatic N) is 1. The van der Waals surface area contributed by atoms with E-state index in [0.717, 1.165) is 38.1 Å². The second kappa shape index (κ2) is 6.17. The smallest absolute Gasteiger partial charge is 0.306 e. The zero-order valence-electron chi connectivity index (χ0n) is 11.8. The van der Waals surface area contributed by atoms with Crippen LogP contribution >= 0.6 is 0 Å². The molecule has 0 unspecified atom stereocenters. The monoisotopic (exact) mass is 295 g/mol. The summed E-state index contributed by atoms with van der Waals surface area (Å²) in [6.07, 6.45) is 2.14. The van der Waals surface area contributed by atoms with E-state index in [9.17, 15) is 19.3 Å². The lowest BCUT2D eigenvalue weighted by Gasteiger charge is -2.35. The molecule has 1 aliphatic rings. The Morgan fingerprint density at radius 1 is 1.48 bits per heavy atom. The first-order valence-electron chi connectivity index (χ1n) is 6.94. The Bertz CT molecular complexity index is 556. The summed E-state index contributed by atoms with van der Waals surface area (Å²) in [5.41, 5.74) is -0.850. The third-order valence-electron chi connectivity index (χ3n) is 4.12. The standard InChI is InChI=1S/C14H18FN3O3/c1-2-14(5-7-16-8-6-14)13(19)17-10-3-4-11(15)12(9-10)18(20)21/h3-4,9,16H,2,5-8H2,1H3,(H,17,19). The van der Waals surface area contributed by atoms with Crippen molar-refractivity contribution in [2.24, 2.45) is 5.41 Å². The van der Waals surface area contributed by atoms with Gasteiger partial charge in [-0.15, -0.1) is 0 Å². The van der Waals surface area contributed by atoms with Crippen LogP contribution in [0.3, 0.4) is 0 Å². The second-order valence-corrected chi connectivity index (χ2v) is 5.26. The van der Waals surface area contributed by atoms with Crippen LogP contribution in [-0.4, -0.2) is 23.9 Å². The first-order chi connectivity index (χ1) is 9.98. The minimum Gasteiger partial charge on any atom is -0.325 e. The average Bonchev–Trinajstić information content (AvgIpc) is 2.49. The van der Waals surface area contributed by atoms with Gasteiger partial charge in [0, 0.05) is 11.8 Å². The Labute approximate surface area is 121 Å². The summed E-state index contributed by atoms with van der Waals surface area (Å²) < 4.78 is 13.3. The van der Waals surface area contributed by atoms with Gasteiger partial charge in [-0.3, -0.25) is 14.9 Å². The molecule has 21 heavy (non-hydrogen) atoms. The summed E-state index contributed by atoms with van der Waals surface area (Å²) in [6, 6.07) is 3.39. The lowest BCUT2D eigenvalue weighted by Crippen LogP contribution is -2.44. The molecule has 0 spiro atoms. The average molecular weight is 295 g/mol. The zero-order chi connectivity index (χ0) is 15.5.